The van der Waals surface area contributed by atoms with Crippen molar-refractivity contribution in [3.8, 4) is 0 Å². The molecule has 0 unspecified atom stereocenters. The average molecular weight is 425 g/mol. The first-order valence-electron chi connectivity index (χ1n) is 11.6. The van der Waals surface area contributed by atoms with Gasteiger partial charge in [0.25, 0.3) is 0 Å². The molecular weight excluding hydrogens is 391 g/mol. The summed E-state index contributed by atoms with van der Waals surface area (Å²) in [4.78, 5) is 17.9. The minimum absolute atomic E-state index is 0.108. The first-order chi connectivity index (χ1) is 14.7. The zero-order valence-electron chi connectivity index (χ0n) is 19.0. The Kier molecular flexibility index (Phi) is 4.64. The van der Waals surface area contributed by atoms with Gasteiger partial charge in [-0.1, -0.05) is 24.3 Å². The molecule has 0 spiro atoms. The van der Waals surface area contributed by atoms with Crippen LogP contribution in [0.15, 0.2) is 36.4 Å². The van der Waals surface area contributed by atoms with Gasteiger partial charge in [0.05, 0.1) is 12.6 Å². The maximum absolute atomic E-state index is 14.9. The second-order valence-corrected chi connectivity index (χ2v) is 10.7. The lowest BCUT2D eigenvalue weighted by molar-refractivity contribution is -0.224. The van der Waals surface area contributed by atoms with E-state index in [0.29, 0.717) is 13.2 Å². The summed E-state index contributed by atoms with van der Waals surface area (Å²) >= 11 is 0. The highest BCUT2D eigenvalue weighted by Gasteiger charge is 2.71. The third-order valence-electron chi connectivity index (χ3n) is 7.63. The Bertz CT molecular complexity index is 1030. The summed E-state index contributed by atoms with van der Waals surface area (Å²) in [7, 11) is 0. The summed E-state index contributed by atoms with van der Waals surface area (Å²) in [6.07, 6.45) is 7.75. The fourth-order valence-electron chi connectivity index (χ4n) is 6.70. The van der Waals surface area contributed by atoms with Crippen LogP contribution in [0.4, 0.5) is 4.39 Å². The van der Waals surface area contributed by atoms with E-state index in [2.05, 4.69) is 47.1 Å². The number of H-pyrrole nitrogens is 1. The van der Waals surface area contributed by atoms with Gasteiger partial charge in [0.2, 0.25) is 0 Å². The quantitative estimate of drug-likeness (QED) is 0.492. The molecule has 0 amide bonds. The van der Waals surface area contributed by atoms with Gasteiger partial charge in [-0.3, -0.25) is 4.90 Å². The first-order valence-corrected chi connectivity index (χ1v) is 11.6. The summed E-state index contributed by atoms with van der Waals surface area (Å²) in [5, 5.41) is 1.30. The molecule has 2 aromatic rings. The molecule has 3 saturated carbocycles. The monoisotopic (exact) mass is 424 g/mol. The van der Waals surface area contributed by atoms with E-state index in [4.69, 9.17) is 4.74 Å². The molecule has 166 valence electrons. The molecule has 2 heterocycles. The standard InChI is InChI=1S/C26H33FN2O2/c1-5-31-21(30)10-11-25-13-26(14-25,15-25)23-22-19(18-8-6-7-9-20(18)28-22)12-17(2)29(23)16-24(3,4)27/h6-11,17,23,28H,5,12-16H2,1-4H3/b11-10+/t17-,23+,25?,26?/m1/s1. The minimum Gasteiger partial charge on any atom is -0.463 e. The van der Waals surface area contributed by atoms with Crippen LogP contribution < -0.4 is 0 Å². The fourth-order valence-corrected chi connectivity index (χ4v) is 6.70. The minimum atomic E-state index is -1.25. The third kappa shape index (κ3) is 3.32. The van der Waals surface area contributed by atoms with Gasteiger partial charge in [-0.15, -0.1) is 0 Å². The Morgan fingerprint density at radius 3 is 2.71 bits per heavy atom. The van der Waals surface area contributed by atoms with Gasteiger partial charge in [0.15, 0.2) is 0 Å². The van der Waals surface area contributed by atoms with E-state index in [1.807, 2.05) is 6.92 Å². The Morgan fingerprint density at radius 2 is 2.03 bits per heavy atom. The number of carbonyl (C=O) groups is 1. The number of aromatic nitrogens is 1. The maximum Gasteiger partial charge on any atom is 0.330 e. The number of carbonyl (C=O) groups excluding carboxylic acids is 1. The topological polar surface area (TPSA) is 45.3 Å². The number of hydrogen-bond acceptors (Lipinski definition) is 3. The van der Waals surface area contributed by atoms with Crippen LogP contribution in [0.25, 0.3) is 10.9 Å². The molecule has 1 aromatic carbocycles. The number of rotatable bonds is 6. The van der Waals surface area contributed by atoms with Crippen LogP contribution >= 0.6 is 0 Å². The van der Waals surface area contributed by atoms with Gasteiger partial charge >= 0.3 is 5.97 Å². The molecule has 3 fully saturated rings. The largest absolute Gasteiger partial charge is 0.463 e. The van der Waals surface area contributed by atoms with E-state index in [9.17, 15) is 9.18 Å². The van der Waals surface area contributed by atoms with E-state index in [1.54, 1.807) is 19.9 Å². The zero-order chi connectivity index (χ0) is 22.0. The van der Waals surface area contributed by atoms with Crippen LogP contribution in [0.5, 0.6) is 0 Å². The fraction of sp³-hybridized carbons (Fsp3) is 0.577. The van der Waals surface area contributed by atoms with E-state index < -0.39 is 5.67 Å². The second kappa shape index (κ2) is 6.93. The molecule has 4 aliphatic rings. The van der Waals surface area contributed by atoms with E-state index in [0.717, 1.165) is 25.7 Å². The van der Waals surface area contributed by atoms with Crippen molar-refractivity contribution >= 4 is 16.9 Å². The molecule has 1 N–H and O–H groups in total. The lowest BCUT2D eigenvalue weighted by Crippen LogP contribution is -2.68. The van der Waals surface area contributed by atoms with Crippen LogP contribution in [0, 0.1) is 10.8 Å². The Morgan fingerprint density at radius 1 is 1.32 bits per heavy atom. The Hall–Kier alpha value is -2.14. The number of nitrogens with one attached hydrogen (secondary N) is 1. The summed E-state index contributed by atoms with van der Waals surface area (Å²) in [6, 6.07) is 8.99. The molecule has 5 heteroatoms. The summed E-state index contributed by atoms with van der Waals surface area (Å²) in [5.41, 5.74) is 2.87. The lowest BCUT2D eigenvalue weighted by Gasteiger charge is -2.74. The van der Waals surface area contributed by atoms with E-state index >= 15 is 0 Å². The number of aromatic amines is 1. The van der Waals surface area contributed by atoms with Crippen molar-refractivity contribution in [2.75, 3.05) is 13.2 Å². The van der Waals surface area contributed by atoms with Crippen LogP contribution in [0.1, 0.15) is 64.3 Å². The van der Waals surface area contributed by atoms with Crippen LogP contribution in [0.2, 0.25) is 0 Å². The molecular formula is C26H33FN2O2. The Balaban J connectivity index is 1.48. The summed E-state index contributed by atoms with van der Waals surface area (Å²) in [5.74, 6) is -0.258. The molecule has 1 aromatic heterocycles. The summed E-state index contributed by atoms with van der Waals surface area (Å²) < 4.78 is 19.9. The zero-order valence-corrected chi connectivity index (χ0v) is 19.0. The number of para-hydroxylation sites is 1. The van der Waals surface area contributed by atoms with Crippen molar-refractivity contribution in [1.29, 1.82) is 0 Å². The van der Waals surface area contributed by atoms with Gasteiger partial charge in [-0.2, -0.15) is 0 Å². The number of alkyl halides is 1. The highest BCUT2D eigenvalue weighted by Crippen LogP contribution is 2.79. The normalized spacial score (nSPS) is 32.5. The van der Waals surface area contributed by atoms with Crippen molar-refractivity contribution < 1.29 is 13.9 Å². The first kappa shape index (κ1) is 20.7. The molecule has 2 atom stereocenters. The predicted molar refractivity (Wildman–Crippen MR) is 121 cm³/mol. The van der Waals surface area contributed by atoms with E-state index in [-0.39, 0.29) is 28.9 Å². The number of benzene rings is 1. The average Bonchev–Trinajstić information content (AvgIpc) is 2.99. The van der Waals surface area contributed by atoms with Crippen molar-refractivity contribution in [2.24, 2.45) is 10.8 Å². The lowest BCUT2D eigenvalue weighted by atomic mass is 9.32. The molecule has 0 radical (unpaired) electrons. The molecule has 3 aliphatic carbocycles. The van der Waals surface area contributed by atoms with Gasteiger partial charge in [0.1, 0.15) is 5.67 Å². The predicted octanol–water partition coefficient (Wildman–Crippen LogP) is 5.49. The SMILES string of the molecule is CCOC(=O)/C=C/C12CC([C@@H]3c4[nH]c5ccccc5c4C[C@@H](C)N3CC(C)(C)F)(C1)C2. The third-order valence-corrected chi connectivity index (χ3v) is 7.63. The van der Waals surface area contributed by atoms with Crippen molar-refractivity contribution in [3.63, 3.8) is 0 Å². The summed E-state index contributed by atoms with van der Waals surface area (Å²) in [6.45, 7) is 8.26. The van der Waals surface area contributed by atoms with Gasteiger partial charge in [-0.05, 0) is 75.8 Å². The number of halogens is 1. The van der Waals surface area contributed by atoms with E-state index in [1.165, 1.54) is 22.2 Å². The molecule has 31 heavy (non-hydrogen) atoms. The van der Waals surface area contributed by atoms with Gasteiger partial charge < -0.3 is 9.72 Å². The van der Waals surface area contributed by atoms with Crippen molar-refractivity contribution in [3.05, 3.63) is 47.7 Å². The highest BCUT2D eigenvalue weighted by molar-refractivity contribution is 5.85. The van der Waals surface area contributed by atoms with Gasteiger partial charge in [-0.25, -0.2) is 9.18 Å². The van der Waals surface area contributed by atoms with Crippen LogP contribution in [-0.4, -0.2) is 40.7 Å². The van der Waals surface area contributed by atoms with Crippen LogP contribution in [0.3, 0.4) is 0 Å². The number of ether oxygens (including phenoxy) is 1. The number of allylic oxidation sites excluding steroid dienone is 1. The number of nitrogens with zero attached hydrogens (tertiary/aromatic N) is 1. The number of esters is 1. The Labute approximate surface area is 183 Å². The number of fused-ring (bicyclic) bond motifs is 3. The smallest absolute Gasteiger partial charge is 0.330 e. The second-order valence-electron chi connectivity index (χ2n) is 10.7. The number of hydrogen-bond donors (Lipinski definition) is 1. The molecule has 6 rings (SSSR count). The van der Waals surface area contributed by atoms with Crippen molar-refractivity contribution in [1.82, 2.24) is 9.88 Å². The maximum atomic E-state index is 14.9. The molecule has 4 nitrogen and oxygen atoms in total. The van der Waals surface area contributed by atoms with Gasteiger partial charge in [0, 0.05) is 35.3 Å². The van der Waals surface area contributed by atoms with Crippen LogP contribution in [-0.2, 0) is 16.0 Å². The molecule has 0 saturated heterocycles. The molecule has 1 aliphatic heterocycles. The highest BCUT2D eigenvalue weighted by atomic mass is 19.1. The molecule has 2 bridgehead atoms. The van der Waals surface area contributed by atoms with Crippen molar-refractivity contribution in [2.45, 2.75) is 71.1 Å².